The molecule has 1 atom stereocenters. The molecule has 1 heterocycles. The van der Waals surface area contributed by atoms with Crippen LogP contribution in [0.5, 0.6) is 0 Å². The molecule has 144 valence electrons. The fourth-order valence-corrected chi connectivity index (χ4v) is 3.94. The molecule has 2 aromatic rings. The van der Waals surface area contributed by atoms with Crippen LogP contribution in [-0.2, 0) is 14.3 Å². The molecule has 0 saturated heterocycles. The molecular weight excluding hydrogens is 430 g/mol. The Hall–Kier alpha value is -1.99. The van der Waals surface area contributed by atoms with Gasteiger partial charge in [0.05, 0.1) is 19.6 Å². The molecule has 5 nitrogen and oxygen atoms in total. The zero-order valence-electron chi connectivity index (χ0n) is 15.5. The first-order chi connectivity index (χ1) is 12.8. The van der Waals surface area contributed by atoms with Crippen molar-refractivity contribution in [3.05, 3.63) is 55.7 Å². The lowest BCUT2D eigenvalue weighted by atomic mass is 10.0. The molecule has 0 aliphatic carbocycles. The zero-order valence-corrected chi connectivity index (χ0v) is 17.9. The molecule has 1 unspecified atom stereocenters. The molecule has 0 radical (unpaired) electrons. The molecule has 2 rings (SSSR count). The Bertz CT molecular complexity index is 829. The van der Waals surface area contributed by atoms with E-state index in [2.05, 4.69) is 21.2 Å². The van der Waals surface area contributed by atoms with Crippen molar-refractivity contribution in [2.24, 2.45) is 0 Å². The van der Waals surface area contributed by atoms with Gasteiger partial charge in [0.25, 0.3) is 0 Å². The molecule has 27 heavy (non-hydrogen) atoms. The van der Waals surface area contributed by atoms with Crippen LogP contribution in [0.3, 0.4) is 0 Å². The van der Waals surface area contributed by atoms with Gasteiger partial charge in [0.15, 0.2) is 5.78 Å². The van der Waals surface area contributed by atoms with Crippen LogP contribution in [-0.4, -0.2) is 24.8 Å². The molecule has 7 heteroatoms. The van der Waals surface area contributed by atoms with Crippen LogP contribution < -0.4 is 5.32 Å². The summed E-state index contributed by atoms with van der Waals surface area (Å²) in [5.41, 5.74) is 1.48. The number of methoxy groups -OCH3 is 1. The number of amides is 1. The summed E-state index contributed by atoms with van der Waals surface area (Å²) < 4.78 is 5.63. The molecule has 0 bridgehead atoms. The average molecular weight is 452 g/mol. The number of esters is 1. The molecule has 0 aliphatic heterocycles. The van der Waals surface area contributed by atoms with E-state index in [0.29, 0.717) is 5.56 Å². The Morgan fingerprint density at radius 2 is 1.81 bits per heavy atom. The predicted octanol–water partition coefficient (Wildman–Crippen LogP) is 4.51. The van der Waals surface area contributed by atoms with Gasteiger partial charge in [0.1, 0.15) is 0 Å². The number of carbonyl (C=O) groups excluding carboxylic acids is 3. The van der Waals surface area contributed by atoms with E-state index in [1.807, 2.05) is 44.2 Å². The number of thiophene rings is 1. The number of ketones is 1. The number of aryl methyl sites for hydroxylation is 2. The van der Waals surface area contributed by atoms with Gasteiger partial charge >= 0.3 is 5.97 Å². The van der Waals surface area contributed by atoms with Crippen molar-refractivity contribution in [3.63, 3.8) is 0 Å². The Morgan fingerprint density at radius 1 is 1.15 bits per heavy atom. The third kappa shape index (κ3) is 6.29. The van der Waals surface area contributed by atoms with Gasteiger partial charge < -0.3 is 10.1 Å². The lowest BCUT2D eigenvalue weighted by molar-refractivity contribution is -0.141. The van der Waals surface area contributed by atoms with Crippen LogP contribution in [0, 0.1) is 13.8 Å². The highest BCUT2D eigenvalue weighted by molar-refractivity contribution is 9.10. The van der Waals surface area contributed by atoms with Crippen molar-refractivity contribution in [3.8, 4) is 0 Å². The number of hydrogen-bond acceptors (Lipinski definition) is 5. The predicted molar refractivity (Wildman–Crippen MR) is 109 cm³/mol. The van der Waals surface area contributed by atoms with E-state index >= 15 is 0 Å². The van der Waals surface area contributed by atoms with Crippen LogP contribution in [0.15, 0.2) is 34.8 Å². The van der Waals surface area contributed by atoms with Crippen molar-refractivity contribution in [2.45, 2.75) is 39.2 Å². The summed E-state index contributed by atoms with van der Waals surface area (Å²) in [5.74, 6) is -0.728. The highest BCUT2D eigenvalue weighted by Gasteiger charge is 2.20. The lowest BCUT2D eigenvalue weighted by Crippen LogP contribution is -2.30. The Balaban J connectivity index is 2.00. The number of benzene rings is 1. The number of hydrogen-bond donors (Lipinski definition) is 1. The summed E-state index contributed by atoms with van der Waals surface area (Å²) in [6.45, 7) is 3.86. The number of ether oxygens (including phenoxy) is 1. The van der Waals surface area contributed by atoms with E-state index in [1.54, 1.807) is 11.3 Å². The first-order valence-electron chi connectivity index (χ1n) is 8.52. The maximum atomic E-state index is 12.4. The van der Waals surface area contributed by atoms with Crippen molar-refractivity contribution < 1.29 is 19.1 Å². The van der Waals surface area contributed by atoms with Crippen molar-refractivity contribution in [2.75, 3.05) is 7.11 Å². The number of rotatable bonds is 8. The van der Waals surface area contributed by atoms with Gasteiger partial charge in [-0.1, -0.05) is 28.1 Å². The number of carbonyl (C=O) groups is 3. The van der Waals surface area contributed by atoms with Crippen LogP contribution in [0.1, 0.15) is 51.0 Å². The summed E-state index contributed by atoms with van der Waals surface area (Å²) in [6.07, 6.45) is 0.232. The highest BCUT2D eigenvalue weighted by Crippen LogP contribution is 2.23. The van der Waals surface area contributed by atoms with Gasteiger partial charge in [0, 0.05) is 32.6 Å². The molecule has 0 fully saturated rings. The average Bonchev–Trinajstić information content (AvgIpc) is 2.98. The maximum absolute atomic E-state index is 12.4. The Labute approximate surface area is 171 Å². The minimum Gasteiger partial charge on any atom is -0.469 e. The third-order valence-electron chi connectivity index (χ3n) is 4.13. The maximum Gasteiger partial charge on any atom is 0.307 e. The van der Waals surface area contributed by atoms with E-state index < -0.39 is 12.0 Å². The summed E-state index contributed by atoms with van der Waals surface area (Å²) in [4.78, 5) is 38.5. The summed E-state index contributed by atoms with van der Waals surface area (Å²) in [5, 5.41) is 2.84. The quantitative estimate of drug-likeness (QED) is 0.473. The number of nitrogens with one attached hydrogen (secondary N) is 1. The summed E-state index contributed by atoms with van der Waals surface area (Å²) in [6, 6.07) is 8.72. The largest absolute Gasteiger partial charge is 0.469 e. The molecular formula is C20H22BrNO4S. The molecule has 1 N–H and O–H groups in total. The SMILES string of the molecule is COC(=O)CC(NC(=O)CCC(=O)c1cc(C)sc1C)c1ccc(Br)cc1. The normalized spacial score (nSPS) is 11.7. The van der Waals surface area contributed by atoms with Crippen molar-refractivity contribution >= 4 is 44.9 Å². The Kier molecular flexibility index (Phi) is 7.74. The smallest absolute Gasteiger partial charge is 0.307 e. The first-order valence-corrected chi connectivity index (χ1v) is 10.1. The fourth-order valence-electron chi connectivity index (χ4n) is 2.73. The van der Waals surface area contributed by atoms with Gasteiger partial charge in [-0.25, -0.2) is 0 Å². The summed E-state index contributed by atoms with van der Waals surface area (Å²) >= 11 is 4.94. The molecule has 1 amide bonds. The second-order valence-electron chi connectivity index (χ2n) is 6.20. The van der Waals surface area contributed by atoms with Crippen LogP contribution in [0.25, 0.3) is 0 Å². The molecule has 0 spiro atoms. The number of halogens is 1. The number of Topliss-reactive ketones (excluding diaryl/α,β-unsaturated/α-hetero) is 1. The van der Waals surface area contributed by atoms with Crippen molar-refractivity contribution in [1.82, 2.24) is 5.32 Å². The van der Waals surface area contributed by atoms with Gasteiger partial charge in [-0.15, -0.1) is 11.3 Å². The second kappa shape index (κ2) is 9.80. The monoisotopic (exact) mass is 451 g/mol. The lowest BCUT2D eigenvalue weighted by Gasteiger charge is -2.18. The van der Waals surface area contributed by atoms with E-state index in [4.69, 9.17) is 4.74 Å². The van der Waals surface area contributed by atoms with E-state index in [0.717, 1.165) is 19.8 Å². The standard InChI is InChI=1S/C20H22BrNO4S/c1-12-10-16(13(2)27-12)18(23)8-9-19(24)22-17(11-20(25)26-3)14-4-6-15(21)7-5-14/h4-7,10,17H,8-9,11H2,1-3H3,(H,22,24). The highest BCUT2D eigenvalue weighted by atomic mass is 79.9. The summed E-state index contributed by atoms with van der Waals surface area (Å²) in [7, 11) is 1.31. The van der Waals surface area contributed by atoms with E-state index in [9.17, 15) is 14.4 Å². The van der Waals surface area contributed by atoms with Gasteiger partial charge in [-0.05, 0) is 37.6 Å². The van der Waals surface area contributed by atoms with Gasteiger partial charge in [-0.3, -0.25) is 14.4 Å². The molecule has 1 aromatic carbocycles. The second-order valence-corrected chi connectivity index (χ2v) is 8.58. The first kappa shape index (κ1) is 21.3. The molecule has 0 saturated carbocycles. The Morgan fingerprint density at radius 3 is 2.37 bits per heavy atom. The zero-order chi connectivity index (χ0) is 20.0. The van der Waals surface area contributed by atoms with Crippen LogP contribution >= 0.6 is 27.3 Å². The fraction of sp³-hybridized carbons (Fsp3) is 0.350. The van der Waals surface area contributed by atoms with E-state index in [-0.39, 0.29) is 31.0 Å². The van der Waals surface area contributed by atoms with Gasteiger partial charge in [0.2, 0.25) is 5.91 Å². The van der Waals surface area contributed by atoms with Crippen LogP contribution in [0.2, 0.25) is 0 Å². The minimum atomic E-state index is -0.502. The van der Waals surface area contributed by atoms with Crippen LogP contribution in [0.4, 0.5) is 0 Å². The molecule has 1 aromatic heterocycles. The minimum absolute atomic E-state index is 0.0284. The topological polar surface area (TPSA) is 72.5 Å². The van der Waals surface area contributed by atoms with E-state index in [1.165, 1.54) is 7.11 Å². The molecule has 0 aliphatic rings. The third-order valence-corrected chi connectivity index (χ3v) is 5.62. The van der Waals surface area contributed by atoms with Crippen molar-refractivity contribution in [1.29, 1.82) is 0 Å². The van der Waals surface area contributed by atoms with Gasteiger partial charge in [-0.2, -0.15) is 0 Å².